The number of rotatable bonds is 2. The molecule has 4 heteroatoms. The van der Waals surface area contributed by atoms with E-state index in [1.807, 2.05) is 19.1 Å². The molecule has 0 saturated heterocycles. The summed E-state index contributed by atoms with van der Waals surface area (Å²) >= 11 is 5.86. The molecule has 1 fully saturated rings. The molecule has 1 saturated carbocycles. The third kappa shape index (κ3) is 2.32. The van der Waals surface area contributed by atoms with E-state index in [0.29, 0.717) is 5.02 Å². The molecule has 0 amide bonds. The summed E-state index contributed by atoms with van der Waals surface area (Å²) in [6, 6.07) is 5.29. The number of nitrogens with two attached hydrogens (primary N) is 1. The Labute approximate surface area is 100 Å². The number of benzene rings is 1. The second kappa shape index (κ2) is 4.62. The zero-order valence-electron chi connectivity index (χ0n) is 9.19. The summed E-state index contributed by atoms with van der Waals surface area (Å²) in [6.07, 6.45) is 0.827. The first-order valence-electron chi connectivity index (χ1n) is 5.44. The molecule has 0 aliphatic heterocycles. The van der Waals surface area contributed by atoms with E-state index in [1.54, 1.807) is 6.07 Å². The standard InChI is InChI=1S/C12H16ClNO2/c1-7-6-8(13)2-4-10(7)16-11-5-3-9(14)12(11)15/h2,4,6,9,11-12,15H,3,5,14H2,1H3. The van der Waals surface area contributed by atoms with Gasteiger partial charge in [-0.05, 0) is 43.5 Å². The SMILES string of the molecule is Cc1cc(Cl)ccc1OC1CCC(N)C1O. The van der Waals surface area contributed by atoms with E-state index in [1.165, 1.54) is 0 Å². The first kappa shape index (κ1) is 11.7. The van der Waals surface area contributed by atoms with Crippen molar-refractivity contribution < 1.29 is 9.84 Å². The Hall–Kier alpha value is -0.770. The van der Waals surface area contributed by atoms with Crippen molar-refractivity contribution in [3.05, 3.63) is 28.8 Å². The van der Waals surface area contributed by atoms with Gasteiger partial charge >= 0.3 is 0 Å². The molecular formula is C12H16ClNO2. The van der Waals surface area contributed by atoms with Gasteiger partial charge in [-0.15, -0.1) is 0 Å². The normalized spacial score (nSPS) is 29.4. The Morgan fingerprint density at radius 3 is 2.75 bits per heavy atom. The Balaban J connectivity index is 2.09. The molecule has 0 heterocycles. The average molecular weight is 242 g/mol. The molecule has 1 aliphatic rings. The van der Waals surface area contributed by atoms with Crippen molar-refractivity contribution in [3.63, 3.8) is 0 Å². The van der Waals surface area contributed by atoms with Crippen molar-refractivity contribution in [2.45, 2.75) is 38.0 Å². The van der Waals surface area contributed by atoms with Crippen LogP contribution in [0.3, 0.4) is 0 Å². The second-order valence-corrected chi connectivity index (χ2v) is 4.73. The van der Waals surface area contributed by atoms with Crippen LogP contribution in [0.5, 0.6) is 5.75 Å². The molecule has 0 radical (unpaired) electrons. The minimum Gasteiger partial charge on any atom is -0.487 e. The van der Waals surface area contributed by atoms with Crippen molar-refractivity contribution in [1.82, 2.24) is 0 Å². The molecule has 88 valence electrons. The van der Waals surface area contributed by atoms with Gasteiger partial charge in [-0.2, -0.15) is 0 Å². The number of hydrogen-bond donors (Lipinski definition) is 2. The quantitative estimate of drug-likeness (QED) is 0.831. The van der Waals surface area contributed by atoms with E-state index in [4.69, 9.17) is 22.1 Å². The van der Waals surface area contributed by atoms with Crippen molar-refractivity contribution in [2.75, 3.05) is 0 Å². The Kier molecular flexibility index (Phi) is 3.38. The smallest absolute Gasteiger partial charge is 0.126 e. The molecule has 3 unspecified atom stereocenters. The van der Waals surface area contributed by atoms with Crippen LogP contribution in [0.2, 0.25) is 5.02 Å². The van der Waals surface area contributed by atoms with Crippen LogP contribution < -0.4 is 10.5 Å². The maximum absolute atomic E-state index is 9.79. The maximum atomic E-state index is 9.79. The first-order valence-corrected chi connectivity index (χ1v) is 5.82. The number of halogens is 1. The van der Waals surface area contributed by atoms with Crippen LogP contribution in [0.15, 0.2) is 18.2 Å². The minimum atomic E-state index is -0.574. The summed E-state index contributed by atoms with van der Waals surface area (Å²) < 4.78 is 5.76. The van der Waals surface area contributed by atoms with Crippen molar-refractivity contribution in [2.24, 2.45) is 5.73 Å². The van der Waals surface area contributed by atoms with E-state index in [9.17, 15) is 5.11 Å². The van der Waals surface area contributed by atoms with Crippen LogP contribution >= 0.6 is 11.6 Å². The van der Waals surface area contributed by atoms with Crippen molar-refractivity contribution in [1.29, 1.82) is 0 Å². The van der Waals surface area contributed by atoms with E-state index in [0.717, 1.165) is 24.2 Å². The molecule has 3 atom stereocenters. The van der Waals surface area contributed by atoms with Crippen LogP contribution in [-0.2, 0) is 0 Å². The molecule has 1 aromatic carbocycles. The van der Waals surface area contributed by atoms with Gasteiger partial charge in [0, 0.05) is 11.1 Å². The number of aliphatic hydroxyl groups excluding tert-OH is 1. The van der Waals surface area contributed by atoms with E-state index in [2.05, 4.69) is 0 Å². The monoisotopic (exact) mass is 241 g/mol. The zero-order chi connectivity index (χ0) is 11.7. The molecule has 1 aliphatic carbocycles. The average Bonchev–Trinajstić information content (AvgIpc) is 2.54. The maximum Gasteiger partial charge on any atom is 0.126 e. The predicted molar refractivity (Wildman–Crippen MR) is 63.8 cm³/mol. The van der Waals surface area contributed by atoms with Gasteiger partial charge in [0.05, 0.1) is 0 Å². The fraction of sp³-hybridized carbons (Fsp3) is 0.500. The summed E-state index contributed by atoms with van der Waals surface area (Å²) in [5.74, 6) is 0.766. The summed E-state index contributed by atoms with van der Waals surface area (Å²) in [7, 11) is 0. The van der Waals surface area contributed by atoms with Gasteiger partial charge in [0.1, 0.15) is 18.0 Å². The van der Waals surface area contributed by atoms with E-state index in [-0.39, 0.29) is 12.1 Å². The van der Waals surface area contributed by atoms with Crippen molar-refractivity contribution >= 4 is 11.6 Å². The highest BCUT2D eigenvalue weighted by Crippen LogP contribution is 2.27. The van der Waals surface area contributed by atoms with Crippen LogP contribution in [0, 0.1) is 6.92 Å². The highest BCUT2D eigenvalue weighted by atomic mass is 35.5. The largest absolute Gasteiger partial charge is 0.487 e. The molecule has 0 bridgehead atoms. The van der Waals surface area contributed by atoms with Crippen molar-refractivity contribution in [3.8, 4) is 5.75 Å². The molecule has 16 heavy (non-hydrogen) atoms. The molecule has 1 aromatic rings. The molecule has 0 spiro atoms. The van der Waals surface area contributed by atoms with Crippen LogP contribution in [0.4, 0.5) is 0 Å². The topological polar surface area (TPSA) is 55.5 Å². The molecule has 3 nitrogen and oxygen atoms in total. The lowest BCUT2D eigenvalue weighted by Crippen LogP contribution is -2.37. The van der Waals surface area contributed by atoms with Gasteiger partial charge in [0.15, 0.2) is 0 Å². The van der Waals surface area contributed by atoms with E-state index >= 15 is 0 Å². The van der Waals surface area contributed by atoms with Gasteiger partial charge in [0.25, 0.3) is 0 Å². The number of hydrogen-bond acceptors (Lipinski definition) is 3. The van der Waals surface area contributed by atoms with Crippen LogP contribution in [0.1, 0.15) is 18.4 Å². The molecule has 0 aromatic heterocycles. The predicted octanol–water partition coefficient (Wildman–Crippen LogP) is 1.88. The highest BCUT2D eigenvalue weighted by molar-refractivity contribution is 6.30. The third-order valence-corrected chi connectivity index (χ3v) is 3.25. The number of aryl methyl sites for hydroxylation is 1. The second-order valence-electron chi connectivity index (χ2n) is 4.30. The summed E-state index contributed by atoms with van der Waals surface area (Å²) in [6.45, 7) is 1.93. The molecule has 2 rings (SSSR count). The molecular weight excluding hydrogens is 226 g/mol. The number of aliphatic hydroxyl groups is 1. The summed E-state index contributed by atoms with van der Waals surface area (Å²) in [4.78, 5) is 0. The fourth-order valence-corrected chi connectivity index (χ4v) is 2.24. The van der Waals surface area contributed by atoms with Crippen LogP contribution in [-0.4, -0.2) is 23.4 Å². The first-order chi connectivity index (χ1) is 7.58. The minimum absolute atomic E-state index is 0.169. The third-order valence-electron chi connectivity index (χ3n) is 3.02. The lowest BCUT2D eigenvalue weighted by molar-refractivity contribution is 0.0517. The van der Waals surface area contributed by atoms with Gasteiger partial charge in [-0.25, -0.2) is 0 Å². The highest BCUT2D eigenvalue weighted by Gasteiger charge is 2.34. The fourth-order valence-electron chi connectivity index (χ4n) is 2.01. The van der Waals surface area contributed by atoms with Gasteiger partial charge in [-0.3, -0.25) is 0 Å². The summed E-state index contributed by atoms with van der Waals surface area (Å²) in [5.41, 5.74) is 6.71. The van der Waals surface area contributed by atoms with Gasteiger partial charge < -0.3 is 15.6 Å². The summed E-state index contributed by atoms with van der Waals surface area (Å²) in [5, 5.41) is 10.5. The molecule has 3 N–H and O–H groups in total. The van der Waals surface area contributed by atoms with Crippen LogP contribution in [0.25, 0.3) is 0 Å². The Morgan fingerprint density at radius 1 is 1.44 bits per heavy atom. The van der Waals surface area contributed by atoms with Gasteiger partial charge in [0.2, 0.25) is 0 Å². The number of ether oxygens (including phenoxy) is 1. The lowest BCUT2D eigenvalue weighted by Gasteiger charge is -2.20. The Bertz CT molecular complexity index is 383. The van der Waals surface area contributed by atoms with Gasteiger partial charge in [-0.1, -0.05) is 11.6 Å². The lowest BCUT2D eigenvalue weighted by atomic mass is 10.2. The zero-order valence-corrected chi connectivity index (χ0v) is 9.95. The van der Waals surface area contributed by atoms with E-state index < -0.39 is 6.10 Å². The Morgan fingerprint density at radius 2 is 2.19 bits per heavy atom.